The van der Waals surface area contributed by atoms with Crippen molar-refractivity contribution in [3.8, 4) is 0 Å². The lowest BCUT2D eigenvalue weighted by Gasteiger charge is -2.42. The number of hydrogen-bond donors (Lipinski definition) is 0. The summed E-state index contributed by atoms with van der Waals surface area (Å²) in [6.45, 7) is 22.5. The highest BCUT2D eigenvalue weighted by atomic mass is 28.4. The van der Waals surface area contributed by atoms with Gasteiger partial charge in [-0.25, -0.2) is 0 Å². The Morgan fingerprint density at radius 1 is 1.33 bits per heavy atom. The predicted molar refractivity (Wildman–Crippen MR) is 83.4 cm³/mol. The van der Waals surface area contributed by atoms with Crippen molar-refractivity contribution in [2.45, 2.75) is 72.2 Å². The summed E-state index contributed by atoms with van der Waals surface area (Å²) in [6.07, 6.45) is 3.46. The first-order valence-corrected chi connectivity index (χ1v) is 9.85. The molecule has 0 amide bonds. The first-order valence-electron chi connectivity index (χ1n) is 6.94. The molecule has 2 heteroatoms. The molecule has 1 fully saturated rings. The average Bonchev–Trinajstić information content (AvgIpc) is 2.34. The predicted octanol–water partition coefficient (Wildman–Crippen LogP) is 5.31. The summed E-state index contributed by atoms with van der Waals surface area (Å²) in [6, 6.07) is 0. The van der Waals surface area contributed by atoms with Gasteiger partial charge in [-0.3, -0.25) is 0 Å². The molecule has 0 aromatic carbocycles. The maximum absolute atomic E-state index is 6.66. The van der Waals surface area contributed by atoms with Crippen LogP contribution in [0.25, 0.3) is 0 Å². The molecule has 0 aliphatic heterocycles. The third kappa shape index (κ3) is 2.80. The summed E-state index contributed by atoms with van der Waals surface area (Å²) in [7, 11) is -1.73. The van der Waals surface area contributed by atoms with E-state index in [-0.39, 0.29) is 16.6 Å². The molecule has 0 bridgehead atoms. The Bertz CT molecular complexity index is 369. The molecule has 1 unspecified atom stereocenters. The van der Waals surface area contributed by atoms with Crippen LogP contribution in [0.4, 0.5) is 0 Å². The standard InChI is InChI=1S/C16H30OSi/c1-10-13-12(2)11-16(6,7)14(13)17-18(8,9)15(3,4)5/h10,14H,2,11H2,1,3-9H3. The Labute approximate surface area is 114 Å². The second-order valence-electron chi connectivity index (χ2n) is 7.77. The zero-order valence-electron chi connectivity index (χ0n) is 13.5. The molecule has 0 N–H and O–H groups in total. The van der Waals surface area contributed by atoms with E-state index in [0.717, 1.165) is 6.42 Å². The van der Waals surface area contributed by atoms with Crippen molar-refractivity contribution >= 4 is 8.32 Å². The number of allylic oxidation sites excluding steroid dienone is 1. The van der Waals surface area contributed by atoms with Gasteiger partial charge in [0, 0.05) is 0 Å². The minimum atomic E-state index is -1.73. The van der Waals surface area contributed by atoms with E-state index in [1.54, 1.807) is 0 Å². The lowest BCUT2D eigenvalue weighted by atomic mass is 9.88. The molecule has 1 atom stereocenters. The van der Waals surface area contributed by atoms with Crippen LogP contribution in [0.5, 0.6) is 0 Å². The molecular weight excluding hydrogens is 236 g/mol. The van der Waals surface area contributed by atoms with Crippen LogP contribution >= 0.6 is 0 Å². The van der Waals surface area contributed by atoms with Crippen molar-refractivity contribution in [2.24, 2.45) is 5.41 Å². The van der Waals surface area contributed by atoms with Gasteiger partial charge in [0.05, 0.1) is 6.10 Å². The summed E-state index contributed by atoms with van der Waals surface area (Å²) in [5.74, 6) is 0. The summed E-state index contributed by atoms with van der Waals surface area (Å²) in [5.41, 5.74) is 2.75. The molecular formula is C16H30OSi. The van der Waals surface area contributed by atoms with Crippen LogP contribution in [-0.2, 0) is 4.43 Å². The van der Waals surface area contributed by atoms with E-state index in [1.165, 1.54) is 11.1 Å². The van der Waals surface area contributed by atoms with Gasteiger partial charge in [-0.05, 0) is 48.0 Å². The minimum Gasteiger partial charge on any atom is -0.409 e. The first-order chi connectivity index (χ1) is 7.92. The molecule has 0 spiro atoms. The highest BCUT2D eigenvalue weighted by Crippen LogP contribution is 2.49. The van der Waals surface area contributed by atoms with Gasteiger partial charge >= 0.3 is 0 Å². The average molecular weight is 267 g/mol. The van der Waals surface area contributed by atoms with Crippen LogP contribution in [0.3, 0.4) is 0 Å². The normalized spacial score (nSPS) is 27.0. The van der Waals surface area contributed by atoms with Gasteiger partial charge in [-0.1, -0.05) is 47.3 Å². The van der Waals surface area contributed by atoms with Gasteiger partial charge in [0.15, 0.2) is 8.32 Å². The third-order valence-corrected chi connectivity index (χ3v) is 9.04. The molecule has 0 radical (unpaired) electrons. The second-order valence-corrected chi connectivity index (χ2v) is 12.5. The minimum absolute atomic E-state index is 0.175. The molecule has 0 heterocycles. The zero-order valence-corrected chi connectivity index (χ0v) is 14.5. The molecule has 0 aromatic rings. The van der Waals surface area contributed by atoms with E-state index in [0.29, 0.717) is 0 Å². The Hall–Kier alpha value is -0.343. The fourth-order valence-corrected chi connectivity index (χ4v) is 3.79. The topological polar surface area (TPSA) is 9.23 Å². The Balaban J connectivity index is 3.05. The van der Waals surface area contributed by atoms with Crippen LogP contribution in [0.15, 0.2) is 23.8 Å². The smallest absolute Gasteiger partial charge is 0.192 e. The van der Waals surface area contributed by atoms with Crippen molar-refractivity contribution in [1.82, 2.24) is 0 Å². The largest absolute Gasteiger partial charge is 0.409 e. The third-order valence-electron chi connectivity index (χ3n) is 4.60. The van der Waals surface area contributed by atoms with Gasteiger partial charge in [-0.2, -0.15) is 0 Å². The first kappa shape index (κ1) is 15.7. The van der Waals surface area contributed by atoms with E-state index in [2.05, 4.69) is 67.3 Å². The zero-order chi connectivity index (χ0) is 14.4. The quantitative estimate of drug-likeness (QED) is 0.615. The van der Waals surface area contributed by atoms with Crippen LogP contribution in [-0.4, -0.2) is 14.4 Å². The maximum Gasteiger partial charge on any atom is 0.192 e. The summed E-state index contributed by atoms with van der Waals surface area (Å²) >= 11 is 0. The Morgan fingerprint density at radius 2 is 1.83 bits per heavy atom. The second kappa shape index (κ2) is 4.64. The summed E-state index contributed by atoms with van der Waals surface area (Å²) < 4.78 is 6.66. The van der Waals surface area contributed by atoms with E-state index in [1.807, 2.05) is 0 Å². The molecule has 0 aromatic heterocycles. The molecule has 1 saturated carbocycles. The monoisotopic (exact) mass is 266 g/mol. The fourth-order valence-electron chi connectivity index (χ4n) is 2.40. The molecule has 1 aliphatic rings. The van der Waals surface area contributed by atoms with Gasteiger partial charge in [-0.15, -0.1) is 0 Å². The maximum atomic E-state index is 6.66. The van der Waals surface area contributed by atoms with Crippen LogP contribution < -0.4 is 0 Å². The lowest BCUT2D eigenvalue weighted by Crippen LogP contribution is -2.46. The molecule has 18 heavy (non-hydrogen) atoms. The van der Waals surface area contributed by atoms with Gasteiger partial charge < -0.3 is 4.43 Å². The van der Waals surface area contributed by atoms with Crippen molar-refractivity contribution in [2.75, 3.05) is 0 Å². The van der Waals surface area contributed by atoms with Crippen LogP contribution in [0.2, 0.25) is 18.1 Å². The van der Waals surface area contributed by atoms with Crippen molar-refractivity contribution in [3.05, 3.63) is 23.8 Å². The van der Waals surface area contributed by atoms with E-state index < -0.39 is 8.32 Å². The Kier molecular flexibility index (Phi) is 4.05. The lowest BCUT2D eigenvalue weighted by molar-refractivity contribution is 0.113. The van der Waals surface area contributed by atoms with Crippen LogP contribution in [0, 0.1) is 5.41 Å². The molecule has 1 nitrogen and oxygen atoms in total. The van der Waals surface area contributed by atoms with Crippen molar-refractivity contribution < 1.29 is 4.43 Å². The summed E-state index contributed by atoms with van der Waals surface area (Å²) in [5, 5.41) is 0.256. The van der Waals surface area contributed by atoms with Crippen LogP contribution in [0.1, 0.15) is 48.0 Å². The molecule has 1 aliphatic carbocycles. The highest BCUT2D eigenvalue weighted by Gasteiger charge is 2.47. The van der Waals surface area contributed by atoms with Crippen molar-refractivity contribution in [3.63, 3.8) is 0 Å². The number of rotatable bonds is 2. The van der Waals surface area contributed by atoms with E-state index >= 15 is 0 Å². The molecule has 1 rings (SSSR count). The van der Waals surface area contributed by atoms with E-state index in [4.69, 9.17) is 4.43 Å². The van der Waals surface area contributed by atoms with Gasteiger partial charge in [0.1, 0.15) is 0 Å². The van der Waals surface area contributed by atoms with Crippen molar-refractivity contribution in [1.29, 1.82) is 0 Å². The molecule has 0 saturated heterocycles. The van der Waals surface area contributed by atoms with E-state index in [9.17, 15) is 0 Å². The number of hydrogen-bond acceptors (Lipinski definition) is 1. The van der Waals surface area contributed by atoms with Gasteiger partial charge in [0.2, 0.25) is 0 Å². The highest BCUT2D eigenvalue weighted by molar-refractivity contribution is 6.74. The van der Waals surface area contributed by atoms with Gasteiger partial charge in [0.25, 0.3) is 0 Å². The Morgan fingerprint density at radius 3 is 2.22 bits per heavy atom. The fraction of sp³-hybridized carbons (Fsp3) is 0.750. The SMILES string of the molecule is C=C1CC(C)(C)C(O[Si](C)(C)C(C)(C)C)C1=CC. The molecule has 104 valence electrons. The summed E-state index contributed by atoms with van der Waals surface area (Å²) in [4.78, 5) is 0.